The van der Waals surface area contributed by atoms with Gasteiger partial charge in [0.2, 0.25) is 0 Å². The third-order valence-electron chi connectivity index (χ3n) is 1.61. The standard InChI is InChI=1S/C10H16F3NO/c1-2-3-4-5-6-14-7-8-15-9-10(11,12)13/h1,14H,3-9H2. The van der Waals surface area contributed by atoms with E-state index in [0.717, 1.165) is 25.8 Å². The minimum Gasteiger partial charge on any atom is -0.371 e. The molecule has 0 bridgehead atoms. The first kappa shape index (κ1) is 14.3. The van der Waals surface area contributed by atoms with E-state index < -0.39 is 12.8 Å². The van der Waals surface area contributed by atoms with Crippen LogP contribution in [0.2, 0.25) is 0 Å². The van der Waals surface area contributed by atoms with Crippen LogP contribution in [0.5, 0.6) is 0 Å². The van der Waals surface area contributed by atoms with Gasteiger partial charge in [0.1, 0.15) is 6.61 Å². The summed E-state index contributed by atoms with van der Waals surface area (Å²) in [7, 11) is 0. The highest BCUT2D eigenvalue weighted by Crippen LogP contribution is 2.13. The molecular weight excluding hydrogens is 207 g/mol. The predicted molar refractivity (Wildman–Crippen MR) is 52.4 cm³/mol. The molecule has 0 unspecified atom stereocenters. The van der Waals surface area contributed by atoms with E-state index >= 15 is 0 Å². The van der Waals surface area contributed by atoms with Gasteiger partial charge in [-0.1, -0.05) is 0 Å². The van der Waals surface area contributed by atoms with Gasteiger partial charge in [-0.15, -0.1) is 12.3 Å². The lowest BCUT2D eigenvalue weighted by Crippen LogP contribution is -2.24. The van der Waals surface area contributed by atoms with Gasteiger partial charge in [-0.25, -0.2) is 0 Å². The van der Waals surface area contributed by atoms with Gasteiger partial charge in [-0.05, 0) is 19.4 Å². The van der Waals surface area contributed by atoms with Crippen LogP contribution in [0, 0.1) is 12.3 Å². The first-order valence-corrected chi connectivity index (χ1v) is 4.85. The maximum absolute atomic E-state index is 11.6. The zero-order chi connectivity index (χ0) is 11.6. The summed E-state index contributed by atoms with van der Waals surface area (Å²) in [6, 6.07) is 0. The van der Waals surface area contributed by atoms with Crippen molar-refractivity contribution in [2.24, 2.45) is 0 Å². The Labute approximate surface area is 88.2 Å². The number of unbranched alkanes of at least 4 members (excludes halogenated alkanes) is 2. The number of hydrogen-bond donors (Lipinski definition) is 1. The number of rotatable bonds is 8. The van der Waals surface area contributed by atoms with Crippen LogP contribution < -0.4 is 5.32 Å². The normalized spacial score (nSPS) is 11.3. The van der Waals surface area contributed by atoms with Crippen molar-refractivity contribution in [3.8, 4) is 12.3 Å². The summed E-state index contributed by atoms with van der Waals surface area (Å²) in [5, 5.41) is 2.97. The van der Waals surface area contributed by atoms with Crippen LogP contribution in [0.4, 0.5) is 13.2 Å². The molecule has 15 heavy (non-hydrogen) atoms. The van der Waals surface area contributed by atoms with E-state index in [1.807, 2.05) is 0 Å². The summed E-state index contributed by atoms with van der Waals surface area (Å²) in [5.74, 6) is 2.52. The number of ether oxygens (including phenoxy) is 1. The average Bonchev–Trinajstić information content (AvgIpc) is 2.14. The lowest BCUT2D eigenvalue weighted by Gasteiger charge is -2.08. The van der Waals surface area contributed by atoms with Crippen LogP contribution >= 0.6 is 0 Å². The molecular formula is C10H16F3NO. The SMILES string of the molecule is C#CCCCCNCCOCC(F)(F)F. The highest BCUT2D eigenvalue weighted by Gasteiger charge is 2.26. The highest BCUT2D eigenvalue weighted by molar-refractivity contribution is 4.82. The molecule has 0 rings (SSSR count). The molecule has 0 aromatic carbocycles. The van der Waals surface area contributed by atoms with Crippen molar-refractivity contribution in [3.05, 3.63) is 0 Å². The zero-order valence-electron chi connectivity index (χ0n) is 8.57. The second-order valence-electron chi connectivity index (χ2n) is 3.08. The van der Waals surface area contributed by atoms with E-state index in [4.69, 9.17) is 6.42 Å². The van der Waals surface area contributed by atoms with E-state index in [1.54, 1.807) is 0 Å². The molecule has 88 valence electrons. The highest BCUT2D eigenvalue weighted by atomic mass is 19.4. The Morgan fingerprint density at radius 2 is 1.93 bits per heavy atom. The summed E-state index contributed by atoms with van der Waals surface area (Å²) in [5.41, 5.74) is 0. The van der Waals surface area contributed by atoms with Crippen molar-refractivity contribution in [1.82, 2.24) is 5.32 Å². The van der Waals surface area contributed by atoms with Crippen LogP contribution in [-0.4, -0.2) is 32.5 Å². The van der Waals surface area contributed by atoms with Crippen molar-refractivity contribution in [3.63, 3.8) is 0 Å². The fourth-order valence-electron chi connectivity index (χ4n) is 0.934. The molecule has 0 aliphatic heterocycles. The monoisotopic (exact) mass is 223 g/mol. The van der Waals surface area contributed by atoms with Crippen LogP contribution in [0.15, 0.2) is 0 Å². The van der Waals surface area contributed by atoms with E-state index in [9.17, 15) is 13.2 Å². The van der Waals surface area contributed by atoms with Gasteiger partial charge < -0.3 is 10.1 Å². The summed E-state index contributed by atoms with van der Waals surface area (Å²) in [4.78, 5) is 0. The van der Waals surface area contributed by atoms with Gasteiger partial charge in [0.25, 0.3) is 0 Å². The summed E-state index contributed by atoms with van der Waals surface area (Å²) >= 11 is 0. The molecule has 0 saturated carbocycles. The van der Waals surface area contributed by atoms with Crippen LogP contribution in [0.1, 0.15) is 19.3 Å². The molecule has 0 heterocycles. The molecule has 0 spiro atoms. The van der Waals surface area contributed by atoms with E-state index in [0.29, 0.717) is 6.54 Å². The molecule has 0 saturated heterocycles. The molecule has 0 radical (unpaired) electrons. The maximum Gasteiger partial charge on any atom is 0.411 e. The van der Waals surface area contributed by atoms with Crippen LogP contribution in [0.25, 0.3) is 0 Å². The summed E-state index contributed by atoms with van der Waals surface area (Å²) in [6.07, 6.45) is 3.44. The lowest BCUT2D eigenvalue weighted by molar-refractivity contribution is -0.173. The Morgan fingerprint density at radius 3 is 2.53 bits per heavy atom. The largest absolute Gasteiger partial charge is 0.411 e. The van der Waals surface area contributed by atoms with Gasteiger partial charge >= 0.3 is 6.18 Å². The Morgan fingerprint density at radius 1 is 1.20 bits per heavy atom. The third kappa shape index (κ3) is 13.3. The summed E-state index contributed by atoms with van der Waals surface area (Å²) in [6.45, 7) is 0.101. The van der Waals surface area contributed by atoms with Crippen molar-refractivity contribution < 1.29 is 17.9 Å². The average molecular weight is 223 g/mol. The van der Waals surface area contributed by atoms with Crippen molar-refractivity contribution in [2.75, 3.05) is 26.3 Å². The third-order valence-corrected chi connectivity index (χ3v) is 1.61. The fraction of sp³-hybridized carbons (Fsp3) is 0.800. The number of terminal acetylenes is 1. The van der Waals surface area contributed by atoms with Crippen LogP contribution in [-0.2, 0) is 4.74 Å². The Hall–Kier alpha value is -0.730. The van der Waals surface area contributed by atoms with Gasteiger partial charge in [-0.3, -0.25) is 0 Å². The topological polar surface area (TPSA) is 21.3 Å². The molecule has 5 heteroatoms. The first-order valence-electron chi connectivity index (χ1n) is 4.85. The zero-order valence-corrected chi connectivity index (χ0v) is 8.57. The molecule has 0 aliphatic carbocycles. The molecule has 1 N–H and O–H groups in total. The minimum absolute atomic E-state index is 0.0780. The second kappa shape index (κ2) is 8.57. The molecule has 0 fully saturated rings. The Kier molecular flexibility index (Phi) is 8.15. The summed E-state index contributed by atoms with van der Waals surface area (Å²) < 4.78 is 39.2. The minimum atomic E-state index is -4.23. The smallest absolute Gasteiger partial charge is 0.371 e. The molecule has 0 aliphatic rings. The molecule has 0 aromatic heterocycles. The molecule has 0 amide bonds. The Balaban J connectivity index is 3.03. The first-order chi connectivity index (χ1) is 7.06. The van der Waals surface area contributed by atoms with E-state index in [1.165, 1.54) is 0 Å². The van der Waals surface area contributed by atoms with E-state index in [2.05, 4.69) is 16.0 Å². The van der Waals surface area contributed by atoms with Gasteiger partial charge in [-0.2, -0.15) is 13.2 Å². The number of halogens is 3. The number of hydrogen-bond acceptors (Lipinski definition) is 2. The van der Waals surface area contributed by atoms with E-state index in [-0.39, 0.29) is 6.61 Å². The molecule has 2 nitrogen and oxygen atoms in total. The number of alkyl halides is 3. The fourth-order valence-corrected chi connectivity index (χ4v) is 0.934. The van der Waals surface area contributed by atoms with Crippen molar-refractivity contribution in [1.29, 1.82) is 0 Å². The van der Waals surface area contributed by atoms with Crippen molar-refractivity contribution >= 4 is 0 Å². The van der Waals surface area contributed by atoms with Gasteiger partial charge in [0, 0.05) is 13.0 Å². The predicted octanol–water partition coefficient (Wildman–Crippen LogP) is 1.96. The second-order valence-corrected chi connectivity index (χ2v) is 3.08. The van der Waals surface area contributed by atoms with Crippen molar-refractivity contribution in [2.45, 2.75) is 25.4 Å². The quantitative estimate of drug-likeness (QED) is 0.501. The molecule has 0 aromatic rings. The van der Waals surface area contributed by atoms with Crippen LogP contribution in [0.3, 0.4) is 0 Å². The maximum atomic E-state index is 11.6. The van der Waals surface area contributed by atoms with Gasteiger partial charge in [0.15, 0.2) is 0 Å². The number of nitrogens with one attached hydrogen (secondary N) is 1. The lowest BCUT2D eigenvalue weighted by atomic mass is 10.2. The Bertz CT molecular complexity index is 186. The van der Waals surface area contributed by atoms with Gasteiger partial charge in [0.05, 0.1) is 6.61 Å². The molecule has 0 atom stereocenters.